The number of pyridine rings is 1. The van der Waals surface area contributed by atoms with E-state index in [2.05, 4.69) is 10.3 Å². The number of carbonyl (C=O) groups excluding carboxylic acids is 3. The second-order valence-electron chi connectivity index (χ2n) is 7.71. The molecular formula is C25H22N4O5S2. The van der Waals surface area contributed by atoms with Crippen molar-refractivity contribution in [1.82, 2.24) is 15.2 Å². The van der Waals surface area contributed by atoms with E-state index in [1.807, 2.05) is 0 Å². The number of imide groups is 1. The lowest BCUT2D eigenvalue weighted by atomic mass is 10.2. The Hall–Kier alpha value is -3.96. The maximum absolute atomic E-state index is 12.9. The van der Waals surface area contributed by atoms with E-state index < -0.39 is 27.1 Å². The molecule has 184 valence electrons. The predicted octanol–water partition coefficient (Wildman–Crippen LogP) is 3.37. The summed E-state index contributed by atoms with van der Waals surface area (Å²) in [4.78, 5) is 42.7. The third kappa shape index (κ3) is 5.47. The van der Waals surface area contributed by atoms with E-state index in [9.17, 15) is 22.8 Å². The zero-order valence-electron chi connectivity index (χ0n) is 19.2. The van der Waals surface area contributed by atoms with Crippen LogP contribution in [0, 0.1) is 0 Å². The van der Waals surface area contributed by atoms with Gasteiger partial charge in [0.1, 0.15) is 0 Å². The van der Waals surface area contributed by atoms with Crippen LogP contribution in [-0.4, -0.2) is 55.5 Å². The molecule has 1 aromatic heterocycles. The van der Waals surface area contributed by atoms with Gasteiger partial charge in [0.15, 0.2) is 0 Å². The molecule has 2 aromatic carbocycles. The lowest BCUT2D eigenvalue weighted by Gasteiger charge is -2.19. The number of hydrogen-bond acceptors (Lipinski definition) is 7. The molecule has 2 heterocycles. The standard InChI is InChI=1S/C25H22N4O5S2/c1-28(20-7-3-2-4-8-20)36(33,34)21-11-9-19(10-12-21)23(30)27-14-15-29-24(31)22(35-25(29)32)16-18-6-5-13-26-17-18/h2-13,16-17H,14-15H2,1H3,(H,27,30). The lowest BCUT2D eigenvalue weighted by Crippen LogP contribution is -2.37. The van der Waals surface area contributed by atoms with Gasteiger partial charge in [-0.3, -0.25) is 28.6 Å². The predicted molar refractivity (Wildman–Crippen MR) is 138 cm³/mol. The topological polar surface area (TPSA) is 117 Å². The van der Waals surface area contributed by atoms with Crippen molar-refractivity contribution in [3.05, 3.63) is 95.2 Å². The molecule has 1 aliphatic heterocycles. The third-order valence-electron chi connectivity index (χ3n) is 5.37. The SMILES string of the molecule is CN(c1ccccc1)S(=O)(=O)c1ccc(C(=O)NCCN2C(=O)SC(=Cc3cccnc3)C2=O)cc1. The van der Waals surface area contributed by atoms with Crippen LogP contribution in [0.5, 0.6) is 0 Å². The summed E-state index contributed by atoms with van der Waals surface area (Å²) in [5, 5.41) is 2.24. The van der Waals surface area contributed by atoms with Crippen molar-refractivity contribution in [2.24, 2.45) is 0 Å². The van der Waals surface area contributed by atoms with Gasteiger partial charge in [-0.05, 0) is 65.9 Å². The first-order valence-corrected chi connectivity index (χ1v) is 13.1. The van der Waals surface area contributed by atoms with Crippen molar-refractivity contribution in [3.63, 3.8) is 0 Å². The molecule has 36 heavy (non-hydrogen) atoms. The van der Waals surface area contributed by atoms with E-state index in [0.29, 0.717) is 11.3 Å². The number of nitrogens with zero attached hydrogens (tertiary/aromatic N) is 3. The van der Waals surface area contributed by atoms with Crippen molar-refractivity contribution < 1.29 is 22.8 Å². The molecule has 0 radical (unpaired) electrons. The first-order chi connectivity index (χ1) is 17.3. The van der Waals surface area contributed by atoms with Gasteiger partial charge in [-0.2, -0.15) is 0 Å². The van der Waals surface area contributed by atoms with Crippen LogP contribution in [0.1, 0.15) is 15.9 Å². The van der Waals surface area contributed by atoms with Gasteiger partial charge in [-0.1, -0.05) is 24.3 Å². The minimum absolute atomic E-state index is 0.00905. The molecule has 0 atom stereocenters. The zero-order valence-corrected chi connectivity index (χ0v) is 20.8. The number of carbonyl (C=O) groups is 3. The van der Waals surface area contributed by atoms with Crippen LogP contribution in [-0.2, 0) is 14.8 Å². The highest BCUT2D eigenvalue weighted by Crippen LogP contribution is 2.31. The highest BCUT2D eigenvalue weighted by Gasteiger charge is 2.34. The highest BCUT2D eigenvalue weighted by atomic mass is 32.2. The minimum Gasteiger partial charge on any atom is -0.350 e. The van der Waals surface area contributed by atoms with E-state index in [4.69, 9.17) is 0 Å². The number of hydrogen-bond donors (Lipinski definition) is 1. The Balaban J connectivity index is 1.34. The van der Waals surface area contributed by atoms with E-state index in [1.165, 1.54) is 35.6 Å². The monoisotopic (exact) mass is 522 g/mol. The van der Waals surface area contributed by atoms with E-state index in [0.717, 1.165) is 16.7 Å². The molecule has 3 amide bonds. The summed E-state index contributed by atoms with van der Waals surface area (Å²) < 4.78 is 26.9. The lowest BCUT2D eigenvalue weighted by molar-refractivity contribution is -0.122. The van der Waals surface area contributed by atoms with Crippen molar-refractivity contribution >= 4 is 50.6 Å². The number of nitrogens with one attached hydrogen (secondary N) is 1. The average molecular weight is 523 g/mol. The number of aromatic nitrogens is 1. The fraction of sp³-hybridized carbons (Fsp3) is 0.120. The first kappa shape index (κ1) is 25.1. The molecule has 1 fully saturated rings. The molecule has 11 heteroatoms. The second kappa shape index (κ2) is 10.8. The number of benzene rings is 2. The van der Waals surface area contributed by atoms with Gasteiger partial charge in [0.05, 0.1) is 15.5 Å². The van der Waals surface area contributed by atoms with Gasteiger partial charge in [0.2, 0.25) is 0 Å². The quantitative estimate of drug-likeness (QED) is 0.451. The molecule has 1 aliphatic rings. The van der Waals surface area contributed by atoms with Crippen molar-refractivity contribution in [1.29, 1.82) is 0 Å². The van der Waals surface area contributed by atoms with Crippen LogP contribution in [0.3, 0.4) is 0 Å². The summed E-state index contributed by atoms with van der Waals surface area (Å²) in [5.74, 6) is -0.881. The van der Waals surface area contributed by atoms with E-state index >= 15 is 0 Å². The molecule has 0 saturated carbocycles. The Bertz CT molecular complexity index is 1410. The number of para-hydroxylation sites is 1. The second-order valence-corrected chi connectivity index (χ2v) is 10.7. The summed E-state index contributed by atoms with van der Waals surface area (Å²) >= 11 is 0.834. The van der Waals surface area contributed by atoms with Gasteiger partial charge in [0.25, 0.3) is 27.1 Å². The number of rotatable bonds is 8. The smallest absolute Gasteiger partial charge is 0.293 e. The number of thioether (sulfide) groups is 1. The van der Waals surface area contributed by atoms with Gasteiger partial charge in [-0.15, -0.1) is 0 Å². The van der Waals surface area contributed by atoms with Crippen molar-refractivity contribution in [2.45, 2.75) is 4.90 Å². The summed E-state index contributed by atoms with van der Waals surface area (Å²) in [6, 6.07) is 17.7. The first-order valence-electron chi connectivity index (χ1n) is 10.8. The fourth-order valence-electron chi connectivity index (χ4n) is 3.40. The minimum atomic E-state index is -3.79. The van der Waals surface area contributed by atoms with E-state index in [-0.39, 0.29) is 28.5 Å². The molecule has 0 aliphatic carbocycles. The third-order valence-corrected chi connectivity index (χ3v) is 8.08. The molecule has 9 nitrogen and oxygen atoms in total. The molecule has 0 unspecified atom stereocenters. The van der Waals surface area contributed by atoms with Gasteiger partial charge in [0, 0.05) is 38.1 Å². The zero-order chi connectivity index (χ0) is 25.7. The summed E-state index contributed by atoms with van der Waals surface area (Å²) in [5.41, 5.74) is 1.47. The fourth-order valence-corrected chi connectivity index (χ4v) is 5.46. The van der Waals surface area contributed by atoms with Crippen LogP contribution >= 0.6 is 11.8 Å². The Morgan fingerprint density at radius 3 is 2.44 bits per heavy atom. The van der Waals surface area contributed by atoms with Gasteiger partial charge >= 0.3 is 0 Å². The normalized spacial score (nSPS) is 14.8. The maximum atomic E-state index is 12.9. The Kier molecular flexibility index (Phi) is 7.51. The molecule has 3 aromatic rings. The maximum Gasteiger partial charge on any atom is 0.293 e. The van der Waals surface area contributed by atoms with Crippen LogP contribution < -0.4 is 9.62 Å². The van der Waals surface area contributed by atoms with Crippen molar-refractivity contribution in [3.8, 4) is 0 Å². The van der Waals surface area contributed by atoms with Gasteiger partial charge in [-0.25, -0.2) is 8.42 Å². The Morgan fingerprint density at radius 1 is 1.06 bits per heavy atom. The molecule has 1 N–H and O–H groups in total. The molecule has 0 bridgehead atoms. The number of amides is 3. The largest absolute Gasteiger partial charge is 0.350 e. The van der Waals surface area contributed by atoms with E-state index in [1.54, 1.807) is 60.9 Å². The highest BCUT2D eigenvalue weighted by molar-refractivity contribution is 8.18. The summed E-state index contributed by atoms with van der Waals surface area (Å²) in [6.45, 7) is 0.0585. The molecule has 4 rings (SSSR count). The Morgan fingerprint density at radius 2 is 1.78 bits per heavy atom. The van der Waals surface area contributed by atoms with Gasteiger partial charge < -0.3 is 5.32 Å². The summed E-state index contributed by atoms with van der Waals surface area (Å²) in [6.07, 6.45) is 4.80. The average Bonchev–Trinajstić information content (AvgIpc) is 3.16. The van der Waals surface area contributed by atoms with Crippen LogP contribution in [0.4, 0.5) is 10.5 Å². The Labute approximate surface area is 212 Å². The number of anilines is 1. The number of sulfonamides is 1. The van der Waals surface area contributed by atoms with Crippen molar-refractivity contribution in [2.75, 3.05) is 24.4 Å². The molecule has 1 saturated heterocycles. The summed E-state index contributed by atoms with van der Waals surface area (Å²) in [7, 11) is -2.33. The van der Waals surface area contributed by atoms with Crippen LogP contribution in [0.2, 0.25) is 0 Å². The molecule has 0 spiro atoms. The molecular weight excluding hydrogens is 500 g/mol. The van der Waals surface area contributed by atoms with Crippen LogP contribution in [0.15, 0.2) is 88.9 Å². The van der Waals surface area contributed by atoms with Crippen LogP contribution in [0.25, 0.3) is 6.08 Å².